The first-order valence-electron chi connectivity index (χ1n) is 11.9. The summed E-state index contributed by atoms with van der Waals surface area (Å²) in [5.74, 6) is 0.322. The molecule has 3 aromatic carbocycles. The third-order valence-electron chi connectivity index (χ3n) is 6.58. The van der Waals surface area contributed by atoms with Gasteiger partial charge in [-0.1, -0.05) is 54.1 Å². The van der Waals surface area contributed by atoms with Crippen LogP contribution >= 0.6 is 0 Å². The number of ether oxygens (including phenoxy) is 1. The number of nitrogens with one attached hydrogen (secondary N) is 1. The Morgan fingerprint density at radius 2 is 1.72 bits per heavy atom. The van der Waals surface area contributed by atoms with Gasteiger partial charge in [-0.05, 0) is 24.6 Å². The molecule has 1 atom stereocenters. The molecule has 0 aliphatic carbocycles. The van der Waals surface area contributed by atoms with Crippen LogP contribution in [-0.2, 0) is 4.79 Å². The average molecular weight is 486 g/mol. The summed E-state index contributed by atoms with van der Waals surface area (Å²) in [4.78, 5) is 27.1. The van der Waals surface area contributed by atoms with Gasteiger partial charge in [-0.3, -0.25) is 25.2 Å². The normalized spacial score (nSPS) is 17.5. The molecule has 0 saturated carbocycles. The quantitative estimate of drug-likeness (QED) is 0.424. The number of piperazine rings is 1. The summed E-state index contributed by atoms with van der Waals surface area (Å²) >= 11 is 0. The molecule has 1 amide bonds. The van der Waals surface area contributed by atoms with Crippen LogP contribution < -0.4 is 10.2 Å². The number of fused-ring (bicyclic) bond motifs is 1. The van der Waals surface area contributed by atoms with Crippen molar-refractivity contribution in [3.05, 3.63) is 105 Å². The summed E-state index contributed by atoms with van der Waals surface area (Å²) in [6, 6.07) is 22.4. The zero-order valence-corrected chi connectivity index (χ0v) is 20.0. The van der Waals surface area contributed by atoms with Gasteiger partial charge in [0.25, 0.3) is 11.6 Å². The number of carbonyl (C=O) groups excluding carboxylic acids is 1. The fourth-order valence-corrected chi connectivity index (χ4v) is 4.55. The Kier molecular flexibility index (Phi) is 6.64. The highest BCUT2D eigenvalue weighted by atomic mass is 16.6. The van der Waals surface area contributed by atoms with E-state index >= 15 is 0 Å². The monoisotopic (exact) mass is 485 g/mol. The van der Waals surface area contributed by atoms with Gasteiger partial charge < -0.3 is 9.64 Å². The molecule has 9 nitrogen and oxygen atoms in total. The van der Waals surface area contributed by atoms with E-state index in [1.807, 2.05) is 12.1 Å². The second-order valence-electron chi connectivity index (χ2n) is 8.90. The third kappa shape index (κ3) is 4.92. The number of carbonyl (C=O) groups is 1. The van der Waals surface area contributed by atoms with E-state index in [0.29, 0.717) is 31.9 Å². The van der Waals surface area contributed by atoms with Crippen molar-refractivity contribution in [1.29, 1.82) is 0 Å². The topological polar surface area (TPSA) is 100 Å². The Morgan fingerprint density at radius 3 is 2.42 bits per heavy atom. The number of nitro benzene ring substituents is 1. The van der Waals surface area contributed by atoms with E-state index in [1.165, 1.54) is 35.4 Å². The Balaban J connectivity index is 1.20. The second-order valence-corrected chi connectivity index (χ2v) is 8.90. The predicted molar refractivity (Wildman–Crippen MR) is 136 cm³/mol. The zero-order valence-electron chi connectivity index (χ0n) is 20.0. The van der Waals surface area contributed by atoms with Crippen molar-refractivity contribution in [2.24, 2.45) is 5.10 Å². The number of rotatable bonds is 6. The number of nitrogens with zero attached hydrogens (tertiary/aromatic N) is 4. The van der Waals surface area contributed by atoms with Gasteiger partial charge in [-0.15, -0.1) is 0 Å². The molecule has 2 aliphatic rings. The SMILES string of the molecule is Cc1ccc(C2=NNC(N3CCN(C(=O)COc4ccc([N+](=O)[O-])cc4)CC3)c3ccccc32)cc1. The van der Waals surface area contributed by atoms with Crippen LogP contribution in [-0.4, -0.2) is 59.1 Å². The Bertz CT molecular complexity index is 1280. The number of aryl methyl sites for hydroxylation is 1. The molecule has 5 rings (SSSR count). The van der Waals surface area contributed by atoms with Crippen LogP contribution in [0.3, 0.4) is 0 Å². The van der Waals surface area contributed by atoms with E-state index in [1.54, 1.807) is 4.90 Å². The number of nitro groups is 1. The third-order valence-corrected chi connectivity index (χ3v) is 6.58. The van der Waals surface area contributed by atoms with Gasteiger partial charge in [-0.25, -0.2) is 0 Å². The molecule has 0 aromatic heterocycles. The minimum Gasteiger partial charge on any atom is -0.484 e. The molecular formula is C27H27N5O4. The molecule has 1 unspecified atom stereocenters. The van der Waals surface area contributed by atoms with Crippen LogP contribution in [0.4, 0.5) is 5.69 Å². The molecule has 1 saturated heterocycles. The van der Waals surface area contributed by atoms with E-state index in [-0.39, 0.29) is 24.4 Å². The predicted octanol–water partition coefficient (Wildman–Crippen LogP) is 3.48. The molecule has 2 aliphatic heterocycles. The van der Waals surface area contributed by atoms with Gasteiger partial charge in [0.1, 0.15) is 11.9 Å². The van der Waals surface area contributed by atoms with Crippen molar-refractivity contribution < 1.29 is 14.5 Å². The molecule has 3 aromatic rings. The van der Waals surface area contributed by atoms with Crippen LogP contribution in [0.1, 0.15) is 28.4 Å². The smallest absolute Gasteiger partial charge is 0.269 e. The molecule has 36 heavy (non-hydrogen) atoms. The lowest BCUT2D eigenvalue weighted by Gasteiger charge is -2.40. The molecule has 184 valence electrons. The van der Waals surface area contributed by atoms with E-state index in [4.69, 9.17) is 9.84 Å². The van der Waals surface area contributed by atoms with Crippen molar-refractivity contribution >= 4 is 17.3 Å². The maximum atomic E-state index is 12.7. The molecule has 0 bridgehead atoms. The minimum absolute atomic E-state index is 0.0157. The standard InChI is InChI=1S/C27H27N5O4/c1-19-6-8-20(9-7-19)26-23-4-2-3-5-24(23)27(29-28-26)31-16-14-30(15-17-31)25(33)18-36-22-12-10-21(11-13-22)32(34)35/h2-13,27,29H,14-18H2,1H3. The molecular weight excluding hydrogens is 458 g/mol. The van der Waals surface area contributed by atoms with E-state index in [2.05, 4.69) is 53.6 Å². The first kappa shape index (κ1) is 23.5. The molecule has 9 heteroatoms. The first-order valence-corrected chi connectivity index (χ1v) is 11.9. The summed E-state index contributed by atoms with van der Waals surface area (Å²) in [7, 11) is 0. The highest BCUT2D eigenvalue weighted by Gasteiger charge is 2.31. The Morgan fingerprint density at radius 1 is 1.03 bits per heavy atom. The molecule has 0 spiro atoms. The van der Waals surface area contributed by atoms with Crippen LogP contribution in [0.15, 0.2) is 77.9 Å². The number of benzene rings is 3. The summed E-state index contributed by atoms with van der Waals surface area (Å²) in [5.41, 5.74) is 8.82. The fraction of sp³-hybridized carbons (Fsp3) is 0.259. The van der Waals surface area contributed by atoms with Gasteiger partial charge in [-0.2, -0.15) is 5.10 Å². The lowest BCUT2D eigenvalue weighted by molar-refractivity contribution is -0.384. The van der Waals surface area contributed by atoms with E-state index in [0.717, 1.165) is 16.8 Å². The number of hydrazone groups is 1. The molecule has 1 fully saturated rings. The summed E-state index contributed by atoms with van der Waals surface area (Å²) < 4.78 is 5.55. The van der Waals surface area contributed by atoms with Gasteiger partial charge in [0.15, 0.2) is 6.61 Å². The lowest BCUT2D eigenvalue weighted by Crippen LogP contribution is -2.53. The summed E-state index contributed by atoms with van der Waals surface area (Å²) in [5, 5.41) is 15.5. The van der Waals surface area contributed by atoms with Crippen molar-refractivity contribution in [2.45, 2.75) is 13.1 Å². The molecule has 0 radical (unpaired) electrons. The summed E-state index contributed by atoms with van der Waals surface area (Å²) in [6.07, 6.45) is -0.0657. The second kappa shape index (κ2) is 10.2. The summed E-state index contributed by atoms with van der Waals surface area (Å²) in [6.45, 7) is 4.53. The lowest BCUT2D eigenvalue weighted by atomic mass is 9.94. The fourth-order valence-electron chi connectivity index (χ4n) is 4.55. The number of non-ortho nitro benzene ring substituents is 1. The Labute approximate surface area is 209 Å². The number of amides is 1. The van der Waals surface area contributed by atoms with Gasteiger partial charge in [0, 0.05) is 49.4 Å². The van der Waals surface area contributed by atoms with Crippen LogP contribution in [0, 0.1) is 17.0 Å². The average Bonchev–Trinajstić information content (AvgIpc) is 2.92. The number of hydrogen-bond donors (Lipinski definition) is 1. The highest BCUT2D eigenvalue weighted by Crippen LogP contribution is 2.29. The minimum atomic E-state index is -0.470. The molecule has 2 heterocycles. The van der Waals surface area contributed by atoms with Crippen molar-refractivity contribution in [1.82, 2.24) is 15.2 Å². The highest BCUT2D eigenvalue weighted by molar-refractivity contribution is 6.14. The Hall–Kier alpha value is -4.24. The van der Waals surface area contributed by atoms with Crippen LogP contribution in [0.5, 0.6) is 5.75 Å². The van der Waals surface area contributed by atoms with Gasteiger partial charge in [0.05, 0.1) is 10.6 Å². The van der Waals surface area contributed by atoms with Crippen LogP contribution in [0.2, 0.25) is 0 Å². The first-order chi connectivity index (χ1) is 17.5. The van der Waals surface area contributed by atoms with Gasteiger partial charge in [0.2, 0.25) is 0 Å². The zero-order chi connectivity index (χ0) is 25.1. The maximum absolute atomic E-state index is 12.7. The maximum Gasteiger partial charge on any atom is 0.269 e. The largest absolute Gasteiger partial charge is 0.484 e. The van der Waals surface area contributed by atoms with Crippen molar-refractivity contribution in [3.63, 3.8) is 0 Å². The van der Waals surface area contributed by atoms with E-state index in [9.17, 15) is 14.9 Å². The van der Waals surface area contributed by atoms with Crippen molar-refractivity contribution in [2.75, 3.05) is 32.8 Å². The van der Waals surface area contributed by atoms with Crippen molar-refractivity contribution in [3.8, 4) is 5.75 Å². The molecule has 1 N–H and O–H groups in total. The number of hydrogen-bond acceptors (Lipinski definition) is 7. The van der Waals surface area contributed by atoms with Gasteiger partial charge >= 0.3 is 0 Å². The van der Waals surface area contributed by atoms with E-state index < -0.39 is 4.92 Å². The van der Waals surface area contributed by atoms with Crippen LogP contribution in [0.25, 0.3) is 0 Å².